The van der Waals surface area contributed by atoms with Gasteiger partial charge >= 0.3 is 0 Å². The summed E-state index contributed by atoms with van der Waals surface area (Å²) in [6.45, 7) is 2.80. The number of benzene rings is 1. The second-order valence-electron chi connectivity index (χ2n) is 6.20. The third-order valence-corrected chi connectivity index (χ3v) is 4.46. The normalized spacial score (nSPS) is 21.0. The van der Waals surface area contributed by atoms with Gasteiger partial charge < -0.3 is 4.90 Å². The quantitative estimate of drug-likeness (QED) is 0.726. The van der Waals surface area contributed by atoms with Crippen LogP contribution in [0.2, 0.25) is 0 Å². The molecule has 1 heterocycles. The molecule has 4 nitrogen and oxygen atoms in total. The van der Waals surface area contributed by atoms with Crippen molar-refractivity contribution >= 4 is 5.91 Å². The van der Waals surface area contributed by atoms with Crippen LogP contribution >= 0.6 is 0 Å². The Labute approximate surface area is 134 Å². The lowest BCUT2D eigenvalue weighted by atomic mass is 9.99. The Bertz CT molecular complexity index is 449. The van der Waals surface area contributed by atoms with Crippen molar-refractivity contribution in [3.8, 4) is 0 Å². The van der Waals surface area contributed by atoms with Gasteiger partial charge in [0.2, 0.25) is 5.91 Å². The van der Waals surface area contributed by atoms with E-state index >= 15 is 0 Å². The number of hydrogen-bond donors (Lipinski definition) is 2. The Hall–Kier alpha value is -1.39. The summed E-state index contributed by atoms with van der Waals surface area (Å²) in [6, 6.07) is 11.6. The number of nitrogens with zero attached hydrogens (tertiary/aromatic N) is 1. The van der Waals surface area contributed by atoms with Gasteiger partial charge in [-0.05, 0) is 24.8 Å². The summed E-state index contributed by atoms with van der Waals surface area (Å²) in [5, 5.41) is 0. The van der Waals surface area contributed by atoms with Crippen molar-refractivity contribution in [3.63, 3.8) is 0 Å². The van der Waals surface area contributed by atoms with E-state index < -0.39 is 0 Å². The summed E-state index contributed by atoms with van der Waals surface area (Å²) < 4.78 is 0. The van der Waals surface area contributed by atoms with Crippen LogP contribution in [-0.4, -0.2) is 30.4 Å². The molecule has 1 amide bonds. The average molecular weight is 303 g/mol. The van der Waals surface area contributed by atoms with E-state index in [1.165, 1.54) is 24.8 Å². The molecule has 0 radical (unpaired) electrons. The first kappa shape index (κ1) is 17.0. The number of hydrazine groups is 1. The van der Waals surface area contributed by atoms with Gasteiger partial charge in [0.05, 0.1) is 0 Å². The molecule has 4 heteroatoms. The molecule has 1 aliphatic heterocycles. The van der Waals surface area contributed by atoms with E-state index in [9.17, 15) is 4.79 Å². The van der Waals surface area contributed by atoms with Crippen molar-refractivity contribution < 1.29 is 4.79 Å². The van der Waals surface area contributed by atoms with Crippen molar-refractivity contribution in [1.29, 1.82) is 0 Å². The van der Waals surface area contributed by atoms with E-state index in [2.05, 4.69) is 41.2 Å². The van der Waals surface area contributed by atoms with Gasteiger partial charge in [0, 0.05) is 32.1 Å². The molecule has 2 rings (SSSR count). The molecule has 2 N–H and O–H groups in total. The molecule has 0 aliphatic carbocycles. The molecule has 2 unspecified atom stereocenters. The Morgan fingerprint density at radius 3 is 2.68 bits per heavy atom. The second kappa shape index (κ2) is 8.91. The fourth-order valence-corrected chi connectivity index (χ4v) is 3.03. The van der Waals surface area contributed by atoms with Gasteiger partial charge in [-0.25, -0.2) is 0 Å². The predicted molar refractivity (Wildman–Crippen MR) is 90.3 cm³/mol. The highest BCUT2D eigenvalue weighted by Crippen LogP contribution is 2.24. The van der Waals surface area contributed by atoms with E-state index in [1.807, 2.05) is 18.9 Å². The molecule has 1 aromatic carbocycles. The van der Waals surface area contributed by atoms with Crippen LogP contribution in [0, 0.1) is 0 Å². The summed E-state index contributed by atoms with van der Waals surface area (Å²) in [5.41, 5.74) is 8.18. The largest absolute Gasteiger partial charge is 0.346 e. The Morgan fingerprint density at radius 2 is 1.95 bits per heavy atom. The molecule has 0 saturated carbocycles. The van der Waals surface area contributed by atoms with Gasteiger partial charge in [-0.15, -0.1) is 0 Å². The summed E-state index contributed by atoms with van der Waals surface area (Å²) >= 11 is 0. The molecule has 0 aromatic heterocycles. The standard InChI is InChI=1S/C18H29N3O/c1-3-18(22)21(2)13-9-5-8-12-16-14-17(20-19-16)15-10-6-4-7-11-15/h4,6-7,10-11,16-17,19-20H,3,5,8-9,12-14H2,1-2H3. The number of unbranched alkanes of at least 4 members (excludes halogenated alkanes) is 2. The van der Waals surface area contributed by atoms with Crippen molar-refractivity contribution in [3.05, 3.63) is 35.9 Å². The van der Waals surface area contributed by atoms with E-state index in [0.717, 1.165) is 19.4 Å². The topological polar surface area (TPSA) is 44.4 Å². The fraction of sp³-hybridized carbons (Fsp3) is 0.611. The van der Waals surface area contributed by atoms with Gasteiger partial charge in [0.25, 0.3) is 0 Å². The van der Waals surface area contributed by atoms with Crippen LogP contribution in [0.5, 0.6) is 0 Å². The summed E-state index contributed by atoms with van der Waals surface area (Å²) in [6.07, 6.45) is 6.46. The zero-order valence-corrected chi connectivity index (χ0v) is 13.8. The van der Waals surface area contributed by atoms with Gasteiger partial charge in [0.15, 0.2) is 0 Å². The van der Waals surface area contributed by atoms with Crippen LogP contribution in [0.15, 0.2) is 30.3 Å². The van der Waals surface area contributed by atoms with Gasteiger partial charge in [-0.3, -0.25) is 15.6 Å². The Morgan fingerprint density at radius 1 is 1.18 bits per heavy atom. The third-order valence-electron chi connectivity index (χ3n) is 4.46. The number of rotatable bonds is 8. The second-order valence-corrected chi connectivity index (χ2v) is 6.20. The van der Waals surface area contributed by atoms with E-state index in [1.54, 1.807) is 0 Å². The summed E-state index contributed by atoms with van der Waals surface area (Å²) in [4.78, 5) is 13.3. The molecule has 122 valence electrons. The maximum atomic E-state index is 11.5. The zero-order valence-electron chi connectivity index (χ0n) is 13.8. The minimum atomic E-state index is 0.243. The molecule has 0 spiro atoms. The van der Waals surface area contributed by atoms with Gasteiger partial charge in [-0.1, -0.05) is 50.1 Å². The van der Waals surface area contributed by atoms with Crippen LogP contribution < -0.4 is 10.9 Å². The average Bonchev–Trinajstić information content (AvgIpc) is 3.03. The number of nitrogens with one attached hydrogen (secondary N) is 2. The predicted octanol–water partition coefficient (Wildman–Crippen LogP) is 3.02. The van der Waals surface area contributed by atoms with Crippen LogP contribution in [0.1, 0.15) is 57.1 Å². The van der Waals surface area contributed by atoms with E-state index in [0.29, 0.717) is 18.5 Å². The third kappa shape index (κ3) is 5.11. The minimum Gasteiger partial charge on any atom is -0.346 e. The van der Waals surface area contributed by atoms with Crippen molar-refractivity contribution in [1.82, 2.24) is 15.8 Å². The number of hydrogen-bond acceptors (Lipinski definition) is 3. The van der Waals surface area contributed by atoms with E-state index in [-0.39, 0.29) is 5.91 Å². The highest BCUT2D eigenvalue weighted by Gasteiger charge is 2.24. The van der Waals surface area contributed by atoms with Crippen LogP contribution in [0.3, 0.4) is 0 Å². The van der Waals surface area contributed by atoms with Crippen LogP contribution in [0.4, 0.5) is 0 Å². The minimum absolute atomic E-state index is 0.243. The first-order valence-electron chi connectivity index (χ1n) is 8.50. The van der Waals surface area contributed by atoms with Crippen LogP contribution in [0.25, 0.3) is 0 Å². The Balaban J connectivity index is 1.58. The molecule has 22 heavy (non-hydrogen) atoms. The number of amides is 1. The van der Waals surface area contributed by atoms with Crippen molar-refractivity contribution in [2.75, 3.05) is 13.6 Å². The lowest BCUT2D eigenvalue weighted by Crippen LogP contribution is -2.30. The molecule has 0 bridgehead atoms. The van der Waals surface area contributed by atoms with Crippen molar-refractivity contribution in [2.45, 2.75) is 57.5 Å². The summed E-state index contributed by atoms with van der Waals surface area (Å²) in [7, 11) is 1.90. The summed E-state index contributed by atoms with van der Waals surface area (Å²) in [5.74, 6) is 0.243. The van der Waals surface area contributed by atoms with E-state index in [4.69, 9.17) is 0 Å². The lowest BCUT2D eigenvalue weighted by Gasteiger charge is -2.16. The zero-order chi connectivity index (χ0) is 15.8. The maximum absolute atomic E-state index is 11.5. The lowest BCUT2D eigenvalue weighted by molar-refractivity contribution is -0.129. The maximum Gasteiger partial charge on any atom is 0.222 e. The smallest absolute Gasteiger partial charge is 0.222 e. The molecule has 1 fully saturated rings. The molecular weight excluding hydrogens is 274 g/mol. The number of carbonyl (C=O) groups excluding carboxylic acids is 1. The number of carbonyl (C=O) groups is 1. The molecule has 1 aromatic rings. The first-order valence-corrected chi connectivity index (χ1v) is 8.50. The molecule has 2 atom stereocenters. The SMILES string of the molecule is CCC(=O)N(C)CCCCCC1CC(c2ccccc2)NN1. The molecular formula is C18H29N3O. The first-order chi connectivity index (χ1) is 10.7. The monoisotopic (exact) mass is 303 g/mol. The highest BCUT2D eigenvalue weighted by atomic mass is 16.2. The Kier molecular flexibility index (Phi) is 6.87. The van der Waals surface area contributed by atoms with Crippen molar-refractivity contribution in [2.24, 2.45) is 0 Å². The molecule has 1 saturated heterocycles. The van der Waals surface area contributed by atoms with Gasteiger partial charge in [-0.2, -0.15) is 0 Å². The van der Waals surface area contributed by atoms with Crippen LogP contribution in [-0.2, 0) is 4.79 Å². The highest BCUT2D eigenvalue weighted by molar-refractivity contribution is 5.75. The van der Waals surface area contributed by atoms with Gasteiger partial charge in [0.1, 0.15) is 0 Å². The fourth-order valence-electron chi connectivity index (χ4n) is 3.03. The molecule has 1 aliphatic rings.